The summed E-state index contributed by atoms with van der Waals surface area (Å²) in [5, 5.41) is 8.93. The van der Waals surface area contributed by atoms with E-state index < -0.39 is 0 Å². The first-order chi connectivity index (χ1) is 7.63. The zero-order valence-electron chi connectivity index (χ0n) is 8.62. The Morgan fingerprint density at radius 2 is 2.19 bits per heavy atom. The van der Waals surface area contributed by atoms with Crippen LogP contribution >= 0.6 is 27.3 Å². The number of anilines is 1. The van der Waals surface area contributed by atoms with E-state index in [0.29, 0.717) is 10.6 Å². The van der Waals surface area contributed by atoms with Crippen molar-refractivity contribution in [1.82, 2.24) is 0 Å². The molecule has 16 heavy (non-hydrogen) atoms. The van der Waals surface area contributed by atoms with Gasteiger partial charge in [-0.2, -0.15) is 5.26 Å². The molecule has 2 aromatic rings. The van der Waals surface area contributed by atoms with E-state index in [0.717, 1.165) is 20.5 Å². The number of halogens is 1. The van der Waals surface area contributed by atoms with Gasteiger partial charge in [0, 0.05) is 14.9 Å². The van der Waals surface area contributed by atoms with Gasteiger partial charge in [-0.15, -0.1) is 11.3 Å². The maximum absolute atomic E-state index is 8.93. The van der Waals surface area contributed by atoms with Crippen LogP contribution in [0, 0.1) is 18.3 Å². The number of rotatable bonds is 1. The molecule has 0 aliphatic carbocycles. The maximum Gasteiger partial charge on any atom is 0.128 e. The second-order valence-electron chi connectivity index (χ2n) is 3.40. The number of nitrogen functional groups attached to an aromatic ring is 1. The van der Waals surface area contributed by atoms with Crippen LogP contribution in [0.3, 0.4) is 0 Å². The highest BCUT2D eigenvalue weighted by Gasteiger charge is 2.14. The molecule has 0 amide bonds. The molecule has 1 aromatic heterocycles. The highest BCUT2D eigenvalue weighted by atomic mass is 79.9. The molecule has 1 aromatic carbocycles. The number of hydrogen-bond donors (Lipinski definition) is 1. The molecule has 1 heterocycles. The summed E-state index contributed by atoms with van der Waals surface area (Å²) in [7, 11) is 0. The molecule has 0 saturated heterocycles. The molecule has 0 fully saturated rings. The van der Waals surface area contributed by atoms with Crippen molar-refractivity contribution in [2.75, 3.05) is 5.73 Å². The summed E-state index contributed by atoms with van der Waals surface area (Å²) in [6.07, 6.45) is 0. The van der Waals surface area contributed by atoms with Gasteiger partial charge in [0.05, 0.1) is 5.69 Å². The van der Waals surface area contributed by atoms with Crippen molar-refractivity contribution in [2.45, 2.75) is 6.92 Å². The maximum atomic E-state index is 8.93. The highest BCUT2D eigenvalue weighted by molar-refractivity contribution is 9.10. The lowest BCUT2D eigenvalue weighted by atomic mass is 10.1. The van der Waals surface area contributed by atoms with Crippen LogP contribution in [0.4, 0.5) is 5.69 Å². The number of benzene rings is 1. The first-order valence-corrected chi connectivity index (χ1v) is 6.29. The van der Waals surface area contributed by atoms with Gasteiger partial charge < -0.3 is 5.73 Å². The Morgan fingerprint density at radius 3 is 2.75 bits per heavy atom. The van der Waals surface area contributed by atoms with Gasteiger partial charge in [-0.1, -0.05) is 28.1 Å². The van der Waals surface area contributed by atoms with E-state index in [1.165, 1.54) is 11.3 Å². The van der Waals surface area contributed by atoms with Crippen molar-refractivity contribution in [2.24, 2.45) is 0 Å². The van der Waals surface area contributed by atoms with Crippen LogP contribution in [0.5, 0.6) is 0 Å². The lowest BCUT2D eigenvalue weighted by molar-refractivity contribution is 1.52. The van der Waals surface area contributed by atoms with Crippen LogP contribution in [0.25, 0.3) is 11.1 Å². The Hall–Kier alpha value is -1.31. The van der Waals surface area contributed by atoms with Crippen LogP contribution in [0.15, 0.2) is 28.7 Å². The molecule has 2 N–H and O–H groups in total. The monoisotopic (exact) mass is 292 g/mol. The number of aryl methyl sites for hydroxylation is 1. The lowest BCUT2D eigenvalue weighted by Crippen LogP contribution is -1.89. The summed E-state index contributed by atoms with van der Waals surface area (Å²) >= 11 is 4.87. The zero-order chi connectivity index (χ0) is 11.7. The Balaban J connectivity index is 2.65. The molecule has 0 spiro atoms. The molecule has 0 aliphatic heterocycles. The van der Waals surface area contributed by atoms with Crippen LogP contribution in [-0.4, -0.2) is 0 Å². The minimum atomic E-state index is 0.586. The van der Waals surface area contributed by atoms with Crippen molar-refractivity contribution in [1.29, 1.82) is 5.26 Å². The lowest BCUT2D eigenvalue weighted by Gasteiger charge is -2.03. The van der Waals surface area contributed by atoms with Gasteiger partial charge in [-0.3, -0.25) is 0 Å². The quantitative estimate of drug-likeness (QED) is 0.865. The molecule has 0 atom stereocenters. The molecule has 2 nitrogen and oxygen atoms in total. The molecule has 2 rings (SSSR count). The Labute approximate surface area is 106 Å². The third kappa shape index (κ3) is 1.84. The van der Waals surface area contributed by atoms with Crippen molar-refractivity contribution in [3.05, 3.63) is 38.5 Å². The molecule has 80 valence electrons. The summed E-state index contributed by atoms with van der Waals surface area (Å²) in [5.74, 6) is 0. The average molecular weight is 293 g/mol. The van der Waals surface area contributed by atoms with Gasteiger partial charge in [0.15, 0.2) is 0 Å². The van der Waals surface area contributed by atoms with Crippen LogP contribution in [0.1, 0.15) is 9.75 Å². The predicted octanol–water partition coefficient (Wildman–Crippen LogP) is 3.94. The van der Waals surface area contributed by atoms with Crippen molar-refractivity contribution < 1.29 is 0 Å². The van der Waals surface area contributed by atoms with E-state index in [9.17, 15) is 0 Å². The molecule has 0 aliphatic rings. The third-order valence-electron chi connectivity index (χ3n) is 2.34. The first-order valence-electron chi connectivity index (χ1n) is 4.68. The summed E-state index contributed by atoms with van der Waals surface area (Å²) in [5.41, 5.74) is 8.57. The van der Waals surface area contributed by atoms with E-state index in [-0.39, 0.29) is 0 Å². The Kier molecular flexibility index (Phi) is 2.99. The zero-order valence-corrected chi connectivity index (χ0v) is 11.0. The van der Waals surface area contributed by atoms with Gasteiger partial charge in [-0.25, -0.2) is 0 Å². The van der Waals surface area contributed by atoms with Crippen LogP contribution < -0.4 is 5.73 Å². The molecule has 4 heteroatoms. The van der Waals surface area contributed by atoms with E-state index in [2.05, 4.69) is 22.0 Å². The van der Waals surface area contributed by atoms with E-state index in [1.54, 1.807) is 0 Å². The average Bonchev–Trinajstić information content (AvgIpc) is 2.53. The second-order valence-corrected chi connectivity index (χ2v) is 5.54. The normalized spacial score (nSPS) is 10.1. The molecule has 0 bridgehead atoms. The molecular weight excluding hydrogens is 284 g/mol. The molecular formula is C12H9BrN2S. The number of nitrogens with zero attached hydrogens (tertiary/aromatic N) is 1. The molecule has 0 unspecified atom stereocenters. The summed E-state index contributed by atoms with van der Waals surface area (Å²) in [6, 6.07) is 10.1. The number of nitriles is 1. The summed E-state index contributed by atoms with van der Waals surface area (Å²) in [4.78, 5) is 1.67. The number of hydrogen-bond acceptors (Lipinski definition) is 3. The number of nitrogens with two attached hydrogens (primary N) is 1. The van der Waals surface area contributed by atoms with Crippen molar-refractivity contribution >= 4 is 33.0 Å². The largest absolute Gasteiger partial charge is 0.396 e. The summed E-state index contributed by atoms with van der Waals surface area (Å²) in [6.45, 7) is 1.98. The van der Waals surface area contributed by atoms with Crippen LogP contribution in [-0.2, 0) is 0 Å². The molecule has 0 radical (unpaired) electrons. The van der Waals surface area contributed by atoms with Gasteiger partial charge in [0.1, 0.15) is 10.9 Å². The van der Waals surface area contributed by atoms with Crippen LogP contribution in [0.2, 0.25) is 0 Å². The predicted molar refractivity (Wildman–Crippen MR) is 71.3 cm³/mol. The van der Waals surface area contributed by atoms with E-state index in [1.807, 2.05) is 31.2 Å². The SMILES string of the molecule is Cc1sc(C#N)c(N)c1-c1cccc(Br)c1. The van der Waals surface area contributed by atoms with E-state index in [4.69, 9.17) is 11.0 Å². The summed E-state index contributed by atoms with van der Waals surface area (Å²) < 4.78 is 1.01. The van der Waals surface area contributed by atoms with Gasteiger partial charge in [-0.05, 0) is 24.6 Å². The second kappa shape index (κ2) is 4.28. The van der Waals surface area contributed by atoms with Gasteiger partial charge in [0.2, 0.25) is 0 Å². The van der Waals surface area contributed by atoms with Gasteiger partial charge in [0.25, 0.3) is 0 Å². The Bertz CT molecular complexity index is 581. The minimum absolute atomic E-state index is 0.586. The van der Waals surface area contributed by atoms with Gasteiger partial charge >= 0.3 is 0 Å². The fourth-order valence-electron chi connectivity index (χ4n) is 1.65. The first kappa shape index (κ1) is 11.2. The third-order valence-corrected chi connectivity index (χ3v) is 3.85. The smallest absolute Gasteiger partial charge is 0.128 e. The topological polar surface area (TPSA) is 49.8 Å². The number of thiophene rings is 1. The highest BCUT2D eigenvalue weighted by Crippen LogP contribution is 2.38. The minimum Gasteiger partial charge on any atom is -0.396 e. The standard InChI is InChI=1S/C12H9BrN2S/c1-7-11(12(15)10(6-14)16-7)8-3-2-4-9(13)5-8/h2-5H,15H2,1H3. The Morgan fingerprint density at radius 1 is 1.44 bits per heavy atom. The fourth-order valence-corrected chi connectivity index (χ4v) is 2.94. The molecule has 0 saturated carbocycles. The van der Waals surface area contributed by atoms with Crippen molar-refractivity contribution in [3.63, 3.8) is 0 Å². The fraction of sp³-hybridized carbons (Fsp3) is 0.0833. The van der Waals surface area contributed by atoms with Crippen molar-refractivity contribution in [3.8, 4) is 17.2 Å². The van der Waals surface area contributed by atoms with E-state index >= 15 is 0 Å².